The summed E-state index contributed by atoms with van der Waals surface area (Å²) in [5.74, 6) is 1.82. The van der Waals surface area contributed by atoms with Gasteiger partial charge in [0.25, 0.3) is 0 Å². The average Bonchev–Trinajstić information content (AvgIpc) is 3.39. The molecular formula is C25H15ClN4O. The summed E-state index contributed by atoms with van der Waals surface area (Å²) in [6, 6.07) is 25.5. The summed E-state index contributed by atoms with van der Waals surface area (Å²) in [5.41, 5.74) is 4.09. The molecule has 0 bridgehead atoms. The Kier molecular flexibility index (Phi) is 4.08. The fourth-order valence-electron chi connectivity index (χ4n) is 3.75. The Balaban J connectivity index is 1.62. The van der Waals surface area contributed by atoms with Gasteiger partial charge in [0.1, 0.15) is 5.58 Å². The molecule has 0 atom stereocenters. The zero-order valence-electron chi connectivity index (χ0n) is 16.2. The van der Waals surface area contributed by atoms with Gasteiger partial charge in [-0.1, -0.05) is 72.3 Å². The SMILES string of the molecule is Clc1ccc2c(c1)oc1[nH]cc(-c3nc(-c4ccccc4)nc(-c4ccccc4)n3)c12. The van der Waals surface area contributed by atoms with E-state index in [2.05, 4.69) is 4.98 Å². The van der Waals surface area contributed by atoms with Gasteiger partial charge in [0, 0.05) is 39.4 Å². The Hall–Kier alpha value is -3.96. The number of fused-ring (bicyclic) bond motifs is 3. The van der Waals surface area contributed by atoms with E-state index in [0.717, 1.165) is 33.0 Å². The molecule has 3 aromatic carbocycles. The topological polar surface area (TPSA) is 67.6 Å². The molecule has 148 valence electrons. The number of benzene rings is 3. The second kappa shape index (κ2) is 7.07. The first-order valence-corrected chi connectivity index (χ1v) is 10.2. The number of H-pyrrole nitrogens is 1. The standard InChI is InChI=1S/C25H15ClN4O/c26-17-11-12-18-20(13-17)31-25-21(18)19(14-27-25)24-29-22(15-7-3-1-4-8-15)28-23(30-24)16-9-5-2-6-10-16/h1-14,27H. The van der Waals surface area contributed by atoms with E-state index in [0.29, 0.717) is 28.2 Å². The lowest BCUT2D eigenvalue weighted by molar-refractivity contribution is 0.656. The smallest absolute Gasteiger partial charge is 0.206 e. The molecule has 0 saturated carbocycles. The zero-order valence-corrected chi connectivity index (χ0v) is 17.0. The van der Waals surface area contributed by atoms with Crippen molar-refractivity contribution in [3.05, 3.63) is 90.1 Å². The number of aromatic amines is 1. The second-order valence-electron chi connectivity index (χ2n) is 7.19. The van der Waals surface area contributed by atoms with Crippen LogP contribution >= 0.6 is 11.6 Å². The minimum absolute atomic E-state index is 0.580. The summed E-state index contributed by atoms with van der Waals surface area (Å²) in [5, 5.41) is 2.51. The molecule has 6 aromatic rings. The molecule has 31 heavy (non-hydrogen) atoms. The first kappa shape index (κ1) is 17.9. The quantitative estimate of drug-likeness (QED) is 0.342. The molecule has 6 heteroatoms. The van der Waals surface area contributed by atoms with Crippen molar-refractivity contribution in [3.8, 4) is 34.2 Å². The lowest BCUT2D eigenvalue weighted by atomic mass is 10.1. The minimum atomic E-state index is 0.580. The third-order valence-corrected chi connectivity index (χ3v) is 5.44. The lowest BCUT2D eigenvalue weighted by Gasteiger charge is -2.07. The van der Waals surface area contributed by atoms with Crippen molar-refractivity contribution in [1.29, 1.82) is 0 Å². The van der Waals surface area contributed by atoms with Gasteiger partial charge in [0.2, 0.25) is 5.71 Å². The Morgan fingerprint density at radius 1 is 0.710 bits per heavy atom. The van der Waals surface area contributed by atoms with Crippen LogP contribution in [0.3, 0.4) is 0 Å². The van der Waals surface area contributed by atoms with Crippen LogP contribution in [0, 0.1) is 0 Å². The summed E-state index contributed by atoms with van der Waals surface area (Å²) in [6.45, 7) is 0. The van der Waals surface area contributed by atoms with Gasteiger partial charge in [-0.2, -0.15) is 0 Å². The first-order valence-electron chi connectivity index (χ1n) is 9.83. The Morgan fingerprint density at radius 2 is 1.32 bits per heavy atom. The molecule has 0 fully saturated rings. The molecule has 0 saturated heterocycles. The second-order valence-corrected chi connectivity index (χ2v) is 7.62. The van der Waals surface area contributed by atoms with E-state index in [1.165, 1.54) is 0 Å². The molecule has 0 aliphatic heterocycles. The maximum atomic E-state index is 6.14. The van der Waals surface area contributed by atoms with Gasteiger partial charge < -0.3 is 9.40 Å². The van der Waals surface area contributed by atoms with Crippen molar-refractivity contribution in [2.75, 3.05) is 0 Å². The fraction of sp³-hybridized carbons (Fsp3) is 0. The average molecular weight is 423 g/mol. The largest absolute Gasteiger partial charge is 0.440 e. The number of nitrogens with one attached hydrogen (secondary N) is 1. The van der Waals surface area contributed by atoms with Crippen LogP contribution in [0.25, 0.3) is 56.2 Å². The summed E-state index contributed by atoms with van der Waals surface area (Å²) in [6.07, 6.45) is 1.88. The Labute approximate surface area is 182 Å². The van der Waals surface area contributed by atoms with Crippen molar-refractivity contribution < 1.29 is 4.42 Å². The van der Waals surface area contributed by atoms with Crippen LogP contribution in [0.4, 0.5) is 0 Å². The number of nitrogens with zero attached hydrogens (tertiary/aromatic N) is 3. The highest BCUT2D eigenvalue weighted by Crippen LogP contribution is 2.37. The molecule has 0 spiro atoms. The highest BCUT2D eigenvalue weighted by atomic mass is 35.5. The van der Waals surface area contributed by atoms with Gasteiger partial charge in [0.15, 0.2) is 17.5 Å². The number of rotatable bonds is 3. The molecule has 0 aliphatic rings. The van der Waals surface area contributed by atoms with Crippen LogP contribution in [0.15, 0.2) is 89.5 Å². The maximum absolute atomic E-state index is 6.14. The van der Waals surface area contributed by atoms with E-state index >= 15 is 0 Å². The molecule has 3 aromatic heterocycles. The molecule has 3 heterocycles. The third-order valence-electron chi connectivity index (χ3n) is 5.21. The van der Waals surface area contributed by atoms with Crippen molar-refractivity contribution in [3.63, 3.8) is 0 Å². The van der Waals surface area contributed by atoms with Gasteiger partial charge in [-0.15, -0.1) is 0 Å². The Morgan fingerprint density at radius 3 is 1.97 bits per heavy atom. The number of aromatic nitrogens is 4. The molecule has 0 amide bonds. The van der Waals surface area contributed by atoms with Crippen molar-refractivity contribution in [2.24, 2.45) is 0 Å². The predicted octanol–water partition coefficient (Wildman–Crippen LogP) is 6.75. The van der Waals surface area contributed by atoms with Crippen LogP contribution < -0.4 is 0 Å². The van der Waals surface area contributed by atoms with Gasteiger partial charge in [-0.3, -0.25) is 0 Å². The third kappa shape index (κ3) is 3.07. The van der Waals surface area contributed by atoms with Gasteiger partial charge in [0.05, 0.1) is 5.39 Å². The molecule has 1 N–H and O–H groups in total. The van der Waals surface area contributed by atoms with Crippen LogP contribution in [0.2, 0.25) is 5.02 Å². The molecule has 0 unspecified atom stereocenters. The molecule has 0 aliphatic carbocycles. The first-order chi connectivity index (χ1) is 15.3. The van der Waals surface area contributed by atoms with Gasteiger partial charge in [-0.05, 0) is 12.1 Å². The molecule has 0 radical (unpaired) electrons. The number of hydrogen-bond acceptors (Lipinski definition) is 4. The van der Waals surface area contributed by atoms with E-state index in [1.54, 1.807) is 0 Å². The lowest BCUT2D eigenvalue weighted by Crippen LogP contribution is -1.99. The monoisotopic (exact) mass is 422 g/mol. The number of halogens is 1. The van der Waals surface area contributed by atoms with E-state index in [-0.39, 0.29) is 0 Å². The van der Waals surface area contributed by atoms with E-state index in [1.807, 2.05) is 85.1 Å². The maximum Gasteiger partial charge on any atom is 0.206 e. The molecule has 6 rings (SSSR count). The fourth-order valence-corrected chi connectivity index (χ4v) is 3.92. The van der Waals surface area contributed by atoms with Crippen LogP contribution in [0.1, 0.15) is 0 Å². The molecular weight excluding hydrogens is 408 g/mol. The van der Waals surface area contributed by atoms with E-state index in [9.17, 15) is 0 Å². The summed E-state index contributed by atoms with van der Waals surface area (Å²) in [7, 11) is 0. The molecule has 5 nitrogen and oxygen atoms in total. The summed E-state index contributed by atoms with van der Waals surface area (Å²) < 4.78 is 5.95. The van der Waals surface area contributed by atoms with E-state index < -0.39 is 0 Å². The van der Waals surface area contributed by atoms with Crippen molar-refractivity contribution in [1.82, 2.24) is 19.9 Å². The Bertz CT molecular complexity index is 1480. The normalized spacial score (nSPS) is 11.4. The van der Waals surface area contributed by atoms with E-state index in [4.69, 9.17) is 31.0 Å². The zero-order chi connectivity index (χ0) is 20.8. The predicted molar refractivity (Wildman–Crippen MR) is 123 cm³/mol. The number of furan rings is 1. The van der Waals surface area contributed by atoms with Crippen LogP contribution in [-0.2, 0) is 0 Å². The van der Waals surface area contributed by atoms with Gasteiger partial charge in [-0.25, -0.2) is 15.0 Å². The summed E-state index contributed by atoms with van der Waals surface area (Å²) >= 11 is 6.14. The van der Waals surface area contributed by atoms with Gasteiger partial charge >= 0.3 is 0 Å². The van der Waals surface area contributed by atoms with Crippen LogP contribution in [0.5, 0.6) is 0 Å². The minimum Gasteiger partial charge on any atom is -0.440 e. The van der Waals surface area contributed by atoms with Crippen LogP contribution in [-0.4, -0.2) is 19.9 Å². The highest BCUT2D eigenvalue weighted by Gasteiger charge is 2.19. The summed E-state index contributed by atoms with van der Waals surface area (Å²) in [4.78, 5) is 17.6. The highest BCUT2D eigenvalue weighted by molar-refractivity contribution is 6.31. The van der Waals surface area contributed by atoms with Crippen molar-refractivity contribution in [2.45, 2.75) is 0 Å². The number of hydrogen-bond donors (Lipinski definition) is 1. The van der Waals surface area contributed by atoms with Crippen molar-refractivity contribution >= 4 is 33.7 Å².